The standard InChI is InChI=1S/C35H42FN3O4S2/c1-21-6-15-29(36)35-33(21)22(2)34(44-35)30(40)19-25(23-9-13-28(37-3)14-10-23)7-8-26-18-24(11-16-31(26)43-4)27-12-17-32(38-20-27)39-45(5,41)42/h6,11-12,15-18,20,23,25,28,37H,7-10,13-14,19H2,1-5H3,(H,38,39)/t23?,25-,28?/m1/s1. The molecule has 0 unspecified atom stereocenters. The second kappa shape index (κ2) is 14.0. The van der Waals surface area contributed by atoms with Crippen LogP contribution in [-0.4, -0.2) is 45.6 Å². The molecule has 2 aromatic heterocycles. The van der Waals surface area contributed by atoms with Crippen LogP contribution < -0.4 is 14.8 Å². The first-order valence-corrected chi connectivity index (χ1v) is 18.2. The van der Waals surface area contributed by atoms with Gasteiger partial charge in [-0.3, -0.25) is 9.52 Å². The van der Waals surface area contributed by atoms with Crippen molar-refractivity contribution in [1.82, 2.24) is 10.3 Å². The third kappa shape index (κ3) is 7.73. The number of thiophene rings is 1. The predicted molar refractivity (Wildman–Crippen MR) is 182 cm³/mol. The first-order valence-electron chi connectivity index (χ1n) is 15.5. The minimum absolute atomic E-state index is 0.0998. The zero-order chi connectivity index (χ0) is 32.3. The summed E-state index contributed by atoms with van der Waals surface area (Å²) in [6.07, 6.45) is 9.06. The van der Waals surface area contributed by atoms with Crippen LogP contribution in [0, 0.1) is 31.5 Å². The maximum absolute atomic E-state index is 14.7. The van der Waals surface area contributed by atoms with Crippen molar-refractivity contribution in [3.63, 3.8) is 0 Å². The first kappa shape index (κ1) is 33.0. The Hall–Kier alpha value is -3.34. The Balaban J connectivity index is 1.39. The Morgan fingerprint density at radius 2 is 1.82 bits per heavy atom. The molecule has 0 bridgehead atoms. The van der Waals surface area contributed by atoms with E-state index >= 15 is 0 Å². The number of carbonyl (C=O) groups is 1. The van der Waals surface area contributed by atoms with E-state index in [2.05, 4.69) is 21.1 Å². The quantitative estimate of drug-likeness (QED) is 0.152. The van der Waals surface area contributed by atoms with Crippen molar-refractivity contribution in [2.24, 2.45) is 11.8 Å². The fourth-order valence-corrected chi connectivity index (χ4v) is 8.54. The van der Waals surface area contributed by atoms with Gasteiger partial charge in [0.1, 0.15) is 17.4 Å². The van der Waals surface area contributed by atoms with E-state index in [1.165, 1.54) is 17.4 Å². The number of pyridine rings is 1. The number of ether oxygens (including phenoxy) is 1. The van der Waals surface area contributed by atoms with E-state index in [4.69, 9.17) is 4.74 Å². The van der Waals surface area contributed by atoms with Crippen molar-refractivity contribution in [3.05, 3.63) is 76.0 Å². The van der Waals surface area contributed by atoms with E-state index < -0.39 is 10.0 Å². The van der Waals surface area contributed by atoms with Crippen LogP contribution in [0.15, 0.2) is 48.7 Å². The van der Waals surface area contributed by atoms with Crippen LogP contribution in [0.25, 0.3) is 21.2 Å². The van der Waals surface area contributed by atoms with Gasteiger partial charge in [0.2, 0.25) is 10.0 Å². The second-order valence-electron chi connectivity index (χ2n) is 12.3. The molecule has 4 aromatic rings. The van der Waals surface area contributed by atoms with Gasteiger partial charge < -0.3 is 10.1 Å². The number of halogens is 1. The molecule has 0 amide bonds. The zero-order valence-electron chi connectivity index (χ0n) is 26.6. The topological polar surface area (TPSA) is 97.4 Å². The number of carbonyl (C=O) groups excluding carboxylic acids is 1. The number of sulfonamides is 1. The largest absolute Gasteiger partial charge is 0.496 e. The van der Waals surface area contributed by atoms with Gasteiger partial charge in [-0.25, -0.2) is 17.8 Å². The molecule has 2 heterocycles. The molecule has 240 valence electrons. The molecule has 1 aliphatic rings. The van der Waals surface area contributed by atoms with Crippen LogP contribution in [-0.2, 0) is 16.4 Å². The summed E-state index contributed by atoms with van der Waals surface area (Å²) >= 11 is 1.29. The number of aromatic nitrogens is 1. The number of hydrogen-bond acceptors (Lipinski definition) is 7. The van der Waals surface area contributed by atoms with E-state index in [1.807, 2.05) is 39.1 Å². The van der Waals surface area contributed by atoms with Gasteiger partial charge in [-0.05, 0) is 124 Å². The Kier molecular flexibility index (Phi) is 10.3. The number of aryl methyl sites for hydroxylation is 3. The molecule has 0 aliphatic heterocycles. The second-order valence-corrected chi connectivity index (χ2v) is 15.1. The Bertz CT molecular complexity index is 1780. The van der Waals surface area contributed by atoms with Crippen molar-refractivity contribution in [1.29, 1.82) is 0 Å². The van der Waals surface area contributed by atoms with E-state index in [9.17, 15) is 17.6 Å². The molecule has 45 heavy (non-hydrogen) atoms. The van der Waals surface area contributed by atoms with Crippen LogP contribution in [0.2, 0.25) is 0 Å². The van der Waals surface area contributed by atoms with Crippen molar-refractivity contribution in [2.75, 3.05) is 25.1 Å². The third-order valence-corrected chi connectivity index (χ3v) is 11.2. The molecule has 5 rings (SSSR count). The SMILES string of the molecule is CNC1CCC([C@H](CCc2cc(-c3ccc(NS(C)(=O)=O)nc3)ccc2OC)CC(=O)c2sc3c(F)ccc(C)c3c2C)CC1. The van der Waals surface area contributed by atoms with Crippen LogP contribution in [0.3, 0.4) is 0 Å². The molecular formula is C35H42FN3O4S2. The Labute approximate surface area is 269 Å². The van der Waals surface area contributed by atoms with Gasteiger partial charge >= 0.3 is 0 Å². The molecule has 0 saturated heterocycles. The summed E-state index contributed by atoms with van der Waals surface area (Å²) < 4.78 is 46.6. The number of nitrogens with zero attached hydrogens (tertiary/aromatic N) is 1. The summed E-state index contributed by atoms with van der Waals surface area (Å²) in [6.45, 7) is 3.91. The molecule has 1 saturated carbocycles. The number of ketones is 1. The normalized spacial score (nSPS) is 17.7. The molecule has 2 N–H and O–H groups in total. The lowest BCUT2D eigenvalue weighted by Gasteiger charge is -2.34. The summed E-state index contributed by atoms with van der Waals surface area (Å²) in [5.74, 6) is 1.50. The molecule has 1 atom stereocenters. The number of benzene rings is 2. The van der Waals surface area contributed by atoms with Gasteiger partial charge in [-0.15, -0.1) is 11.3 Å². The van der Waals surface area contributed by atoms with Crippen molar-refractivity contribution < 1.29 is 22.3 Å². The number of Topliss-reactive ketones (excluding diaryl/α,β-unsaturated/α-hetero) is 1. The minimum Gasteiger partial charge on any atom is -0.496 e. The highest BCUT2D eigenvalue weighted by Gasteiger charge is 2.30. The highest BCUT2D eigenvalue weighted by molar-refractivity contribution is 7.92. The number of hydrogen-bond donors (Lipinski definition) is 2. The summed E-state index contributed by atoms with van der Waals surface area (Å²) in [5.41, 5.74) is 4.73. The number of fused-ring (bicyclic) bond motifs is 1. The number of anilines is 1. The molecule has 10 heteroatoms. The highest BCUT2D eigenvalue weighted by atomic mass is 32.2. The summed E-state index contributed by atoms with van der Waals surface area (Å²) in [7, 11) is 0.267. The molecule has 7 nitrogen and oxygen atoms in total. The summed E-state index contributed by atoms with van der Waals surface area (Å²) in [6, 6.07) is 13.3. The molecular weight excluding hydrogens is 610 g/mol. The van der Waals surface area contributed by atoms with E-state index in [1.54, 1.807) is 25.4 Å². The average Bonchev–Trinajstić information content (AvgIpc) is 3.39. The number of methoxy groups -OCH3 is 1. The lowest BCUT2D eigenvalue weighted by Crippen LogP contribution is -2.33. The van der Waals surface area contributed by atoms with E-state index in [0.717, 1.165) is 83.7 Å². The van der Waals surface area contributed by atoms with Gasteiger partial charge in [0.05, 0.1) is 22.9 Å². The monoisotopic (exact) mass is 651 g/mol. The molecule has 2 aromatic carbocycles. The van der Waals surface area contributed by atoms with Crippen molar-refractivity contribution >= 4 is 43.0 Å². The lowest BCUT2D eigenvalue weighted by atomic mass is 9.74. The zero-order valence-corrected chi connectivity index (χ0v) is 28.2. The van der Waals surface area contributed by atoms with E-state index in [-0.39, 0.29) is 23.3 Å². The molecule has 0 spiro atoms. The van der Waals surface area contributed by atoms with Crippen LogP contribution >= 0.6 is 11.3 Å². The maximum Gasteiger partial charge on any atom is 0.230 e. The number of nitrogens with one attached hydrogen (secondary N) is 2. The van der Waals surface area contributed by atoms with Crippen molar-refractivity contribution in [2.45, 2.75) is 64.8 Å². The average molecular weight is 652 g/mol. The highest BCUT2D eigenvalue weighted by Crippen LogP contribution is 2.40. The third-order valence-electron chi connectivity index (χ3n) is 9.24. The Morgan fingerprint density at radius 1 is 1.09 bits per heavy atom. The number of rotatable bonds is 12. The van der Waals surface area contributed by atoms with Crippen LogP contribution in [0.1, 0.15) is 64.9 Å². The summed E-state index contributed by atoms with van der Waals surface area (Å²) in [5, 5.41) is 4.28. The van der Waals surface area contributed by atoms with Crippen LogP contribution in [0.5, 0.6) is 5.75 Å². The smallest absolute Gasteiger partial charge is 0.230 e. The minimum atomic E-state index is -3.41. The van der Waals surface area contributed by atoms with Gasteiger partial charge in [0.15, 0.2) is 5.78 Å². The molecule has 1 fully saturated rings. The van der Waals surface area contributed by atoms with Gasteiger partial charge in [-0.1, -0.05) is 12.1 Å². The van der Waals surface area contributed by atoms with Crippen LogP contribution in [0.4, 0.5) is 10.2 Å². The summed E-state index contributed by atoms with van der Waals surface area (Å²) in [4.78, 5) is 18.9. The van der Waals surface area contributed by atoms with Gasteiger partial charge in [0.25, 0.3) is 0 Å². The predicted octanol–water partition coefficient (Wildman–Crippen LogP) is 7.70. The van der Waals surface area contributed by atoms with Crippen molar-refractivity contribution in [3.8, 4) is 16.9 Å². The Morgan fingerprint density at radius 3 is 2.44 bits per heavy atom. The maximum atomic E-state index is 14.7. The molecule has 0 radical (unpaired) electrons. The lowest BCUT2D eigenvalue weighted by molar-refractivity contribution is 0.0925. The van der Waals surface area contributed by atoms with Gasteiger partial charge in [0, 0.05) is 29.6 Å². The fourth-order valence-electron chi connectivity index (χ4n) is 6.80. The van der Waals surface area contributed by atoms with E-state index in [0.29, 0.717) is 28.0 Å². The van der Waals surface area contributed by atoms with Gasteiger partial charge in [-0.2, -0.15) is 0 Å². The fraction of sp³-hybridized carbons (Fsp3) is 0.429. The molecule has 1 aliphatic carbocycles. The first-order chi connectivity index (χ1) is 21.5.